The minimum atomic E-state index is -3.23. The minimum absolute atomic E-state index is 0.0275. The predicted molar refractivity (Wildman–Crippen MR) is 77.7 cm³/mol. The van der Waals surface area contributed by atoms with Crippen molar-refractivity contribution in [3.05, 3.63) is 33.8 Å². The summed E-state index contributed by atoms with van der Waals surface area (Å²) >= 11 is 3.12. The number of hydrogen-bond donors (Lipinski definition) is 2. The molecule has 0 fully saturated rings. The summed E-state index contributed by atoms with van der Waals surface area (Å²) in [6.07, 6.45) is 1.07. The third-order valence-electron chi connectivity index (χ3n) is 2.40. The Morgan fingerprint density at radius 2 is 2.00 bits per heavy atom. The number of rotatable bonds is 5. The molecule has 0 aliphatic heterocycles. The molecule has 1 amide bonds. The molecule has 1 aromatic rings. The first-order chi connectivity index (χ1) is 9.11. The summed E-state index contributed by atoms with van der Waals surface area (Å²) in [6, 6.07) is 3.74. The molecule has 0 unspecified atom stereocenters. The van der Waals surface area contributed by atoms with Crippen molar-refractivity contribution < 1.29 is 23.1 Å². The van der Waals surface area contributed by atoms with E-state index >= 15 is 0 Å². The van der Waals surface area contributed by atoms with E-state index in [4.69, 9.17) is 5.11 Å². The number of carbonyl (C=O) groups excluding carboxylic acids is 1. The van der Waals surface area contributed by atoms with Gasteiger partial charge in [0, 0.05) is 16.8 Å². The number of hydrogen-bond acceptors (Lipinski definition) is 4. The fourth-order valence-electron chi connectivity index (χ4n) is 1.72. The Balaban J connectivity index is 3.01. The van der Waals surface area contributed by atoms with Gasteiger partial charge in [-0.25, -0.2) is 13.2 Å². The van der Waals surface area contributed by atoms with Crippen molar-refractivity contribution in [1.82, 2.24) is 5.32 Å². The quantitative estimate of drug-likeness (QED) is 0.821. The number of halogens is 1. The molecule has 110 valence electrons. The number of sulfone groups is 1. The van der Waals surface area contributed by atoms with Crippen molar-refractivity contribution in [2.24, 2.45) is 0 Å². The highest BCUT2D eigenvalue weighted by molar-refractivity contribution is 9.10. The minimum Gasteiger partial charge on any atom is -0.478 e. The summed E-state index contributed by atoms with van der Waals surface area (Å²) < 4.78 is 22.6. The zero-order valence-corrected chi connectivity index (χ0v) is 13.3. The van der Waals surface area contributed by atoms with E-state index in [1.807, 2.05) is 0 Å². The monoisotopic (exact) mass is 363 g/mol. The number of carbonyl (C=O) groups is 2. The van der Waals surface area contributed by atoms with Gasteiger partial charge >= 0.3 is 5.97 Å². The third kappa shape index (κ3) is 4.61. The van der Waals surface area contributed by atoms with Crippen LogP contribution in [0.2, 0.25) is 0 Å². The molecule has 20 heavy (non-hydrogen) atoms. The third-order valence-corrected chi connectivity index (χ3v) is 4.17. The van der Waals surface area contributed by atoms with Crippen molar-refractivity contribution in [1.29, 1.82) is 0 Å². The summed E-state index contributed by atoms with van der Waals surface area (Å²) in [5.74, 6) is -2.08. The van der Waals surface area contributed by atoms with E-state index in [9.17, 15) is 18.0 Å². The Morgan fingerprint density at radius 3 is 2.50 bits per heavy atom. The Labute approximate surface area is 125 Å². The zero-order chi connectivity index (χ0) is 15.5. The first kappa shape index (κ1) is 16.6. The van der Waals surface area contributed by atoms with Crippen LogP contribution in [0.4, 0.5) is 0 Å². The van der Waals surface area contributed by atoms with Gasteiger partial charge in [0.1, 0.15) is 9.84 Å². The highest BCUT2D eigenvalue weighted by atomic mass is 79.9. The second kappa shape index (κ2) is 6.36. The van der Waals surface area contributed by atoms with Crippen LogP contribution in [-0.2, 0) is 9.84 Å². The molecular weight excluding hydrogens is 350 g/mol. The van der Waals surface area contributed by atoms with Gasteiger partial charge in [0.2, 0.25) is 0 Å². The lowest BCUT2D eigenvalue weighted by Gasteiger charge is -2.14. The normalized spacial score (nSPS) is 12.8. The predicted octanol–water partition coefficient (Wildman–Crippen LogP) is 1.31. The van der Waals surface area contributed by atoms with Crippen LogP contribution in [-0.4, -0.2) is 43.5 Å². The number of nitrogens with one attached hydrogen (secondary N) is 1. The molecule has 2 N–H and O–H groups in total. The number of benzene rings is 1. The van der Waals surface area contributed by atoms with Crippen LogP contribution in [0.15, 0.2) is 22.7 Å². The number of amides is 1. The molecule has 0 bridgehead atoms. The lowest BCUT2D eigenvalue weighted by molar-refractivity contribution is 0.0690. The molecule has 0 heterocycles. The van der Waals surface area contributed by atoms with Gasteiger partial charge in [-0.3, -0.25) is 4.79 Å². The lowest BCUT2D eigenvalue weighted by atomic mass is 10.1. The van der Waals surface area contributed by atoms with Crippen LogP contribution < -0.4 is 5.32 Å². The Kier molecular flexibility index (Phi) is 5.29. The Morgan fingerprint density at radius 1 is 1.40 bits per heavy atom. The fourth-order valence-corrected chi connectivity index (χ4v) is 3.26. The molecule has 0 aliphatic carbocycles. The maximum absolute atomic E-state index is 12.1. The van der Waals surface area contributed by atoms with Gasteiger partial charge < -0.3 is 10.4 Å². The van der Waals surface area contributed by atoms with Gasteiger partial charge in [-0.2, -0.15) is 0 Å². The second-order valence-corrected chi connectivity index (χ2v) is 7.47. The molecule has 0 aromatic heterocycles. The molecule has 0 aliphatic rings. The van der Waals surface area contributed by atoms with Crippen LogP contribution in [0.5, 0.6) is 0 Å². The molecule has 6 nitrogen and oxygen atoms in total. The van der Waals surface area contributed by atoms with Crippen molar-refractivity contribution in [2.75, 3.05) is 12.0 Å². The number of carboxylic acid groups (broad SMARTS) is 1. The number of carboxylic acids is 1. The smallest absolute Gasteiger partial charge is 0.336 e. The van der Waals surface area contributed by atoms with E-state index in [0.717, 1.165) is 6.26 Å². The van der Waals surface area contributed by atoms with Crippen LogP contribution in [0.25, 0.3) is 0 Å². The molecule has 8 heteroatoms. The van der Waals surface area contributed by atoms with Gasteiger partial charge in [0.05, 0.1) is 16.9 Å². The van der Waals surface area contributed by atoms with Gasteiger partial charge in [0.25, 0.3) is 5.91 Å². The average molecular weight is 364 g/mol. The molecule has 1 aromatic carbocycles. The summed E-state index contributed by atoms with van der Waals surface area (Å²) in [7, 11) is -3.23. The van der Waals surface area contributed by atoms with Gasteiger partial charge in [-0.15, -0.1) is 0 Å². The maximum atomic E-state index is 12.1. The second-order valence-electron chi connectivity index (χ2n) is 4.43. The highest BCUT2D eigenvalue weighted by Crippen LogP contribution is 2.21. The van der Waals surface area contributed by atoms with E-state index < -0.39 is 27.8 Å². The van der Waals surface area contributed by atoms with E-state index in [1.165, 1.54) is 19.1 Å². The lowest BCUT2D eigenvalue weighted by Crippen LogP contribution is -2.38. The summed E-state index contributed by atoms with van der Waals surface area (Å²) in [4.78, 5) is 23.2. The molecule has 1 rings (SSSR count). The van der Waals surface area contributed by atoms with Crippen LogP contribution in [0, 0.1) is 0 Å². The zero-order valence-electron chi connectivity index (χ0n) is 10.9. The number of aromatic carboxylic acids is 1. The summed E-state index contributed by atoms with van der Waals surface area (Å²) in [5.41, 5.74) is -0.177. The first-order valence-electron chi connectivity index (χ1n) is 5.62. The van der Waals surface area contributed by atoms with Gasteiger partial charge in [-0.1, -0.05) is 6.07 Å². The Bertz CT molecular complexity index is 641. The van der Waals surface area contributed by atoms with Crippen molar-refractivity contribution in [3.8, 4) is 0 Å². The van der Waals surface area contributed by atoms with Crippen molar-refractivity contribution >= 4 is 37.6 Å². The van der Waals surface area contributed by atoms with Crippen LogP contribution in [0.1, 0.15) is 27.6 Å². The van der Waals surface area contributed by atoms with E-state index in [-0.39, 0.29) is 16.9 Å². The molecule has 0 saturated heterocycles. The van der Waals surface area contributed by atoms with Gasteiger partial charge in [0.15, 0.2) is 0 Å². The Hall–Kier alpha value is -1.41. The standard InChI is InChI=1S/C12H14BrNO5S/c1-7(6-20(2,18)19)14-11(15)10-8(12(16)17)4-3-5-9(10)13/h3-5,7H,6H2,1-2H3,(H,14,15)(H,16,17)/t7-/m0/s1. The van der Waals surface area contributed by atoms with E-state index in [2.05, 4.69) is 21.2 Å². The molecule has 0 saturated carbocycles. The maximum Gasteiger partial charge on any atom is 0.336 e. The van der Waals surface area contributed by atoms with E-state index in [0.29, 0.717) is 4.47 Å². The van der Waals surface area contributed by atoms with Gasteiger partial charge in [-0.05, 0) is 35.0 Å². The SMILES string of the molecule is C[C@@H](CS(C)(=O)=O)NC(=O)c1c(Br)cccc1C(=O)O. The first-order valence-corrected chi connectivity index (χ1v) is 8.47. The molecule has 0 spiro atoms. The summed E-state index contributed by atoms with van der Waals surface area (Å²) in [5, 5.41) is 11.5. The largest absolute Gasteiger partial charge is 0.478 e. The molecule has 0 radical (unpaired) electrons. The topological polar surface area (TPSA) is 101 Å². The van der Waals surface area contributed by atoms with Crippen molar-refractivity contribution in [2.45, 2.75) is 13.0 Å². The molecular formula is C12H14BrNO5S. The summed E-state index contributed by atoms with van der Waals surface area (Å²) in [6.45, 7) is 1.54. The highest BCUT2D eigenvalue weighted by Gasteiger charge is 2.21. The molecule has 1 atom stereocenters. The van der Waals surface area contributed by atoms with E-state index in [1.54, 1.807) is 6.07 Å². The van der Waals surface area contributed by atoms with Crippen LogP contribution >= 0.6 is 15.9 Å². The average Bonchev–Trinajstić information content (AvgIpc) is 2.25. The fraction of sp³-hybridized carbons (Fsp3) is 0.333. The van der Waals surface area contributed by atoms with Crippen LogP contribution in [0.3, 0.4) is 0 Å². The van der Waals surface area contributed by atoms with Crippen molar-refractivity contribution in [3.63, 3.8) is 0 Å².